The van der Waals surface area contributed by atoms with Gasteiger partial charge in [0, 0.05) is 12.1 Å². The molecule has 0 unspecified atom stereocenters. The average Bonchev–Trinajstić information content (AvgIpc) is 2.59. The highest BCUT2D eigenvalue weighted by atomic mass is 16.5. The molecule has 0 heterocycles. The van der Waals surface area contributed by atoms with E-state index >= 15 is 0 Å². The molecule has 0 aliphatic heterocycles. The van der Waals surface area contributed by atoms with Crippen LogP contribution in [-0.4, -0.2) is 36.2 Å². The van der Waals surface area contributed by atoms with Crippen LogP contribution in [0.5, 0.6) is 17.2 Å². The molecule has 2 N–H and O–H groups in total. The molecule has 0 aliphatic carbocycles. The Morgan fingerprint density at radius 3 is 2.32 bits per heavy atom. The molecule has 0 amide bonds. The summed E-state index contributed by atoms with van der Waals surface area (Å²) in [5, 5.41) is 18.8. The predicted octanol–water partition coefficient (Wildman–Crippen LogP) is 2.93. The van der Waals surface area contributed by atoms with E-state index in [1.807, 2.05) is 0 Å². The first kappa shape index (κ1) is 18.1. The Kier molecular flexibility index (Phi) is 5.79. The number of phenols is 1. The number of carbonyl (C=O) groups is 2. The Morgan fingerprint density at radius 1 is 1.08 bits per heavy atom. The molecule has 2 rings (SSSR count). The first-order valence-corrected chi connectivity index (χ1v) is 7.42. The molecule has 6 nitrogen and oxygen atoms in total. The fraction of sp³-hybridized carbons (Fsp3) is 0.158. The summed E-state index contributed by atoms with van der Waals surface area (Å²) in [7, 11) is 2.85. The molecule has 0 aliphatic rings. The van der Waals surface area contributed by atoms with E-state index in [1.54, 1.807) is 30.3 Å². The molecule has 2 aromatic carbocycles. The van der Waals surface area contributed by atoms with Gasteiger partial charge in [0.05, 0.1) is 20.6 Å². The van der Waals surface area contributed by atoms with E-state index in [2.05, 4.69) is 0 Å². The van der Waals surface area contributed by atoms with Gasteiger partial charge in [0.15, 0.2) is 5.78 Å². The Bertz CT molecular complexity index is 805. The van der Waals surface area contributed by atoms with Gasteiger partial charge in [-0.25, -0.2) is 0 Å². The summed E-state index contributed by atoms with van der Waals surface area (Å²) in [6.07, 6.45) is 2.84. The third-order valence-electron chi connectivity index (χ3n) is 3.52. The molecule has 6 heteroatoms. The quantitative estimate of drug-likeness (QED) is 0.594. The highest BCUT2D eigenvalue weighted by molar-refractivity contribution is 6.10. The van der Waals surface area contributed by atoms with Crippen LogP contribution in [0.25, 0.3) is 6.08 Å². The van der Waals surface area contributed by atoms with Crippen molar-refractivity contribution in [3.8, 4) is 17.2 Å². The highest BCUT2D eigenvalue weighted by Gasteiger charge is 2.17. The zero-order valence-electron chi connectivity index (χ0n) is 13.9. The van der Waals surface area contributed by atoms with Crippen LogP contribution in [0.15, 0.2) is 42.5 Å². The molecule has 0 saturated carbocycles. The van der Waals surface area contributed by atoms with Gasteiger partial charge in [0.1, 0.15) is 22.8 Å². The van der Waals surface area contributed by atoms with Crippen LogP contribution in [-0.2, 0) is 11.2 Å². The number of aliphatic carboxylic acids is 1. The number of hydrogen-bond acceptors (Lipinski definition) is 5. The van der Waals surface area contributed by atoms with Crippen molar-refractivity contribution in [1.82, 2.24) is 0 Å². The SMILES string of the molecule is COc1cc(O)c(C(=O)/C=C/c2ccc(CC(=O)O)cc2)c(OC)c1. The smallest absolute Gasteiger partial charge is 0.307 e. The first-order chi connectivity index (χ1) is 11.9. The first-order valence-electron chi connectivity index (χ1n) is 7.42. The lowest BCUT2D eigenvalue weighted by Crippen LogP contribution is -2.01. The molecule has 0 fully saturated rings. The normalized spacial score (nSPS) is 10.6. The minimum Gasteiger partial charge on any atom is -0.507 e. The van der Waals surface area contributed by atoms with Crippen molar-refractivity contribution in [2.24, 2.45) is 0 Å². The van der Waals surface area contributed by atoms with Crippen LogP contribution in [0.3, 0.4) is 0 Å². The van der Waals surface area contributed by atoms with Gasteiger partial charge in [-0.2, -0.15) is 0 Å². The Morgan fingerprint density at radius 2 is 1.76 bits per heavy atom. The number of methoxy groups -OCH3 is 2. The van der Waals surface area contributed by atoms with Gasteiger partial charge in [-0.05, 0) is 17.2 Å². The van der Waals surface area contributed by atoms with Gasteiger partial charge >= 0.3 is 5.97 Å². The second-order valence-electron chi connectivity index (χ2n) is 5.23. The van der Waals surface area contributed by atoms with Gasteiger partial charge in [-0.1, -0.05) is 30.3 Å². The second kappa shape index (κ2) is 8.01. The molecule has 0 atom stereocenters. The summed E-state index contributed by atoms with van der Waals surface area (Å²) in [5.74, 6) is -0.970. The van der Waals surface area contributed by atoms with Crippen LogP contribution < -0.4 is 9.47 Å². The van der Waals surface area contributed by atoms with Crippen molar-refractivity contribution in [1.29, 1.82) is 0 Å². The van der Waals surface area contributed by atoms with Gasteiger partial charge < -0.3 is 19.7 Å². The molecule has 0 saturated heterocycles. The number of hydrogen-bond donors (Lipinski definition) is 2. The molecule has 0 bridgehead atoms. The van der Waals surface area contributed by atoms with E-state index in [0.717, 1.165) is 5.56 Å². The number of allylic oxidation sites excluding steroid dienone is 1. The van der Waals surface area contributed by atoms with Crippen molar-refractivity contribution in [3.05, 3.63) is 59.2 Å². The Balaban J connectivity index is 2.21. The number of carboxylic acids is 1. The minimum absolute atomic E-state index is 0.0436. The third-order valence-corrected chi connectivity index (χ3v) is 3.52. The maximum Gasteiger partial charge on any atom is 0.307 e. The number of rotatable bonds is 7. The fourth-order valence-electron chi connectivity index (χ4n) is 2.28. The Hall–Kier alpha value is -3.28. The molecule has 25 heavy (non-hydrogen) atoms. The molecule has 0 aromatic heterocycles. The molecular formula is C19H18O6. The van der Waals surface area contributed by atoms with Crippen molar-refractivity contribution < 1.29 is 29.3 Å². The van der Waals surface area contributed by atoms with Crippen LogP contribution in [0.1, 0.15) is 21.5 Å². The molecule has 130 valence electrons. The maximum absolute atomic E-state index is 12.4. The predicted molar refractivity (Wildman–Crippen MR) is 92.4 cm³/mol. The average molecular weight is 342 g/mol. The maximum atomic E-state index is 12.4. The van der Waals surface area contributed by atoms with E-state index in [1.165, 1.54) is 32.4 Å². The summed E-state index contributed by atoms with van der Waals surface area (Å²) >= 11 is 0. The van der Waals surface area contributed by atoms with Crippen molar-refractivity contribution >= 4 is 17.8 Å². The van der Waals surface area contributed by atoms with Crippen LogP contribution in [0, 0.1) is 0 Å². The lowest BCUT2D eigenvalue weighted by Gasteiger charge is -2.10. The molecule has 2 aromatic rings. The van der Waals surface area contributed by atoms with Gasteiger partial charge in [0.2, 0.25) is 0 Å². The number of benzene rings is 2. The number of phenolic OH excluding ortho intramolecular Hbond substituents is 1. The van der Waals surface area contributed by atoms with E-state index < -0.39 is 11.8 Å². The van der Waals surface area contributed by atoms with E-state index in [-0.39, 0.29) is 23.5 Å². The highest BCUT2D eigenvalue weighted by Crippen LogP contribution is 2.33. The second-order valence-corrected chi connectivity index (χ2v) is 5.23. The Labute approximate surface area is 144 Å². The lowest BCUT2D eigenvalue weighted by atomic mass is 10.0. The van der Waals surface area contributed by atoms with Gasteiger partial charge in [0.25, 0.3) is 0 Å². The molecule has 0 radical (unpaired) electrons. The van der Waals surface area contributed by atoms with Gasteiger partial charge in [-0.15, -0.1) is 0 Å². The topological polar surface area (TPSA) is 93.1 Å². The minimum atomic E-state index is -0.902. The summed E-state index contributed by atoms with van der Waals surface area (Å²) in [4.78, 5) is 23.0. The van der Waals surface area contributed by atoms with Crippen LogP contribution in [0.2, 0.25) is 0 Å². The third kappa shape index (κ3) is 4.60. The summed E-state index contributed by atoms with van der Waals surface area (Å²) in [6.45, 7) is 0. The van der Waals surface area contributed by atoms with Crippen molar-refractivity contribution in [3.63, 3.8) is 0 Å². The number of carbonyl (C=O) groups excluding carboxylic acids is 1. The van der Waals surface area contributed by atoms with Crippen molar-refractivity contribution in [2.45, 2.75) is 6.42 Å². The lowest BCUT2D eigenvalue weighted by molar-refractivity contribution is -0.136. The van der Waals surface area contributed by atoms with E-state index in [0.29, 0.717) is 11.3 Å². The largest absolute Gasteiger partial charge is 0.507 e. The van der Waals surface area contributed by atoms with Crippen LogP contribution >= 0.6 is 0 Å². The monoisotopic (exact) mass is 342 g/mol. The van der Waals surface area contributed by atoms with E-state index in [9.17, 15) is 14.7 Å². The number of ketones is 1. The fourth-order valence-corrected chi connectivity index (χ4v) is 2.28. The summed E-state index contributed by atoms with van der Waals surface area (Å²) in [6, 6.07) is 9.65. The summed E-state index contributed by atoms with van der Waals surface area (Å²) < 4.78 is 10.2. The number of ether oxygens (including phenoxy) is 2. The zero-order chi connectivity index (χ0) is 18.4. The van der Waals surface area contributed by atoms with Crippen LogP contribution in [0.4, 0.5) is 0 Å². The number of aromatic hydroxyl groups is 1. The molecule has 0 spiro atoms. The van der Waals surface area contributed by atoms with E-state index in [4.69, 9.17) is 14.6 Å². The van der Waals surface area contributed by atoms with Gasteiger partial charge in [-0.3, -0.25) is 9.59 Å². The molecular weight excluding hydrogens is 324 g/mol. The standard InChI is InChI=1S/C19H18O6/c1-24-14-10-16(21)19(17(11-14)25-2)15(20)8-7-12-3-5-13(6-4-12)9-18(22)23/h3-8,10-11,21H,9H2,1-2H3,(H,22,23)/b8-7+. The van der Waals surface area contributed by atoms with Crippen molar-refractivity contribution in [2.75, 3.05) is 14.2 Å². The zero-order valence-corrected chi connectivity index (χ0v) is 13.9. The summed E-state index contributed by atoms with van der Waals surface area (Å²) in [5.41, 5.74) is 1.45. The number of carboxylic acid groups (broad SMARTS) is 1.